The zero-order chi connectivity index (χ0) is 15.5. The molecule has 0 saturated carbocycles. The first-order valence-electron chi connectivity index (χ1n) is 8.14. The smallest absolute Gasteiger partial charge is 0.374 e. The number of nitrogens with one attached hydrogen (secondary N) is 2. The summed E-state index contributed by atoms with van der Waals surface area (Å²) in [6, 6.07) is 23.4. The van der Waals surface area contributed by atoms with Gasteiger partial charge < -0.3 is 10.5 Å². The van der Waals surface area contributed by atoms with Crippen molar-refractivity contribution in [2.75, 3.05) is 10.5 Å². The molecule has 0 bridgehead atoms. The number of rotatable bonds is 4. The van der Waals surface area contributed by atoms with Crippen molar-refractivity contribution in [2.24, 2.45) is 0 Å². The number of allylic oxidation sites excluding steroid dienone is 2. The van der Waals surface area contributed by atoms with Crippen molar-refractivity contribution in [3.8, 4) is 0 Å². The quantitative estimate of drug-likeness (QED) is 0.525. The molecule has 0 unspecified atom stereocenters. The van der Waals surface area contributed by atoms with Gasteiger partial charge in [0.25, 0.3) is 0 Å². The molecular formula is C20H19BN2. The standard InChI is InChI=1S/C20H19BN2/c1-2-8-16(9-3-1)10-4-5-15-21-22-18-13-6-11-17-12-7-14-19(23-21)20(17)18/h1-9,11-14,22-23H,10,15H2/b5-4+. The highest BCUT2D eigenvalue weighted by Gasteiger charge is 2.21. The fraction of sp³-hybridized carbons (Fsp3) is 0.100. The van der Waals surface area contributed by atoms with E-state index in [1.54, 1.807) is 0 Å². The van der Waals surface area contributed by atoms with Crippen LogP contribution < -0.4 is 10.5 Å². The lowest BCUT2D eigenvalue weighted by molar-refractivity contribution is 1.26. The Kier molecular flexibility index (Phi) is 3.77. The maximum atomic E-state index is 3.60. The van der Waals surface area contributed by atoms with Gasteiger partial charge in [-0.05, 0) is 35.8 Å². The molecule has 0 fully saturated rings. The molecule has 0 atom stereocenters. The maximum Gasteiger partial charge on any atom is 0.374 e. The second-order valence-corrected chi connectivity index (χ2v) is 5.95. The molecule has 112 valence electrons. The van der Waals surface area contributed by atoms with Gasteiger partial charge in [0.2, 0.25) is 0 Å². The third-order valence-electron chi connectivity index (χ3n) is 4.30. The average Bonchev–Trinajstić information content (AvgIpc) is 2.60. The first-order valence-corrected chi connectivity index (χ1v) is 8.14. The molecule has 3 aromatic carbocycles. The van der Waals surface area contributed by atoms with Gasteiger partial charge in [-0.15, -0.1) is 0 Å². The summed E-state index contributed by atoms with van der Waals surface area (Å²) in [5.74, 6) is 0. The van der Waals surface area contributed by atoms with Crippen LogP contribution in [0.3, 0.4) is 0 Å². The van der Waals surface area contributed by atoms with Gasteiger partial charge in [0, 0.05) is 16.8 Å². The molecule has 4 rings (SSSR count). The predicted molar refractivity (Wildman–Crippen MR) is 101 cm³/mol. The first-order chi connectivity index (χ1) is 11.4. The number of anilines is 2. The van der Waals surface area contributed by atoms with Gasteiger partial charge in [-0.3, -0.25) is 0 Å². The summed E-state index contributed by atoms with van der Waals surface area (Å²) in [6.07, 6.45) is 6.45. The Balaban J connectivity index is 1.44. The summed E-state index contributed by atoms with van der Waals surface area (Å²) in [7, 11) is 0. The Labute approximate surface area is 137 Å². The Bertz CT molecular complexity index is 802. The minimum absolute atomic E-state index is 0.238. The molecule has 1 heterocycles. The van der Waals surface area contributed by atoms with E-state index in [1.807, 2.05) is 0 Å². The summed E-state index contributed by atoms with van der Waals surface area (Å²) in [4.78, 5) is 0. The molecule has 0 saturated heterocycles. The summed E-state index contributed by atoms with van der Waals surface area (Å²) in [5, 5.41) is 9.76. The van der Waals surface area contributed by atoms with Crippen molar-refractivity contribution < 1.29 is 0 Å². The van der Waals surface area contributed by atoms with Gasteiger partial charge in [0.1, 0.15) is 0 Å². The Morgan fingerprint density at radius 2 is 1.43 bits per heavy atom. The minimum Gasteiger partial charge on any atom is -0.409 e. The maximum absolute atomic E-state index is 3.60. The molecule has 0 aliphatic carbocycles. The molecule has 0 amide bonds. The van der Waals surface area contributed by atoms with E-state index < -0.39 is 0 Å². The van der Waals surface area contributed by atoms with Gasteiger partial charge in [-0.1, -0.05) is 66.7 Å². The molecule has 0 radical (unpaired) electrons. The lowest BCUT2D eigenvalue weighted by Crippen LogP contribution is -2.36. The van der Waals surface area contributed by atoms with Crippen LogP contribution in [0.15, 0.2) is 78.9 Å². The van der Waals surface area contributed by atoms with E-state index in [4.69, 9.17) is 0 Å². The second-order valence-electron chi connectivity index (χ2n) is 5.95. The molecule has 0 spiro atoms. The Hall–Kier alpha value is -2.68. The van der Waals surface area contributed by atoms with E-state index in [9.17, 15) is 0 Å². The molecule has 3 heteroatoms. The molecule has 0 aromatic heterocycles. The third kappa shape index (κ3) is 2.95. The first kappa shape index (κ1) is 14.0. The summed E-state index contributed by atoms with van der Waals surface area (Å²) in [6.45, 7) is 0.238. The SMILES string of the molecule is C(=C\Cc1ccccc1)/CB1Nc2cccc3cccc(c23)N1. The van der Waals surface area contributed by atoms with E-state index in [0.717, 1.165) is 12.7 Å². The molecule has 1 aliphatic heterocycles. The molecule has 3 aromatic rings. The topological polar surface area (TPSA) is 24.1 Å². The van der Waals surface area contributed by atoms with E-state index in [1.165, 1.54) is 27.7 Å². The van der Waals surface area contributed by atoms with Crippen LogP contribution in [0.2, 0.25) is 6.32 Å². The van der Waals surface area contributed by atoms with Crippen LogP contribution in [0.25, 0.3) is 10.8 Å². The summed E-state index contributed by atoms with van der Waals surface area (Å²) in [5.41, 5.74) is 3.79. The van der Waals surface area contributed by atoms with Gasteiger partial charge >= 0.3 is 6.98 Å². The molecule has 23 heavy (non-hydrogen) atoms. The van der Waals surface area contributed by atoms with Gasteiger partial charge in [-0.2, -0.15) is 0 Å². The monoisotopic (exact) mass is 298 g/mol. The van der Waals surface area contributed by atoms with Gasteiger partial charge in [0.15, 0.2) is 0 Å². The highest BCUT2D eigenvalue weighted by atomic mass is 15.0. The molecular weight excluding hydrogens is 279 g/mol. The lowest BCUT2D eigenvalue weighted by atomic mass is 9.69. The Morgan fingerprint density at radius 1 is 0.739 bits per heavy atom. The highest BCUT2D eigenvalue weighted by molar-refractivity contribution is 6.68. The van der Waals surface area contributed by atoms with Gasteiger partial charge in [0.05, 0.1) is 0 Å². The zero-order valence-corrected chi connectivity index (χ0v) is 13.0. The van der Waals surface area contributed by atoms with E-state index in [2.05, 4.69) is 89.3 Å². The van der Waals surface area contributed by atoms with Crippen molar-refractivity contribution in [2.45, 2.75) is 12.7 Å². The number of hydrogen-bond acceptors (Lipinski definition) is 2. The molecule has 2 nitrogen and oxygen atoms in total. The minimum atomic E-state index is 0.238. The summed E-state index contributed by atoms with van der Waals surface area (Å²) < 4.78 is 0. The van der Waals surface area contributed by atoms with Crippen LogP contribution >= 0.6 is 0 Å². The average molecular weight is 298 g/mol. The van der Waals surface area contributed by atoms with Crippen LogP contribution in [0.4, 0.5) is 11.4 Å². The largest absolute Gasteiger partial charge is 0.409 e. The van der Waals surface area contributed by atoms with Crippen molar-refractivity contribution in [1.29, 1.82) is 0 Å². The normalized spacial score (nSPS) is 13.1. The van der Waals surface area contributed by atoms with Crippen LogP contribution in [-0.4, -0.2) is 6.98 Å². The fourth-order valence-electron chi connectivity index (χ4n) is 3.18. The highest BCUT2D eigenvalue weighted by Crippen LogP contribution is 2.34. The van der Waals surface area contributed by atoms with E-state index in [0.29, 0.717) is 0 Å². The van der Waals surface area contributed by atoms with Crippen LogP contribution in [0.5, 0.6) is 0 Å². The second kappa shape index (κ2) is 6.21. The van der Waals surface area contributed by atoms with E-state index in [-0.39, 0.29) is 6.98 Å². The van der Waals surface area contributed by atoms with E-state index >= 15 is 0 Å². The predicted octanol–water partition coefficient (Wildman–Crippen LogP) is 4.96. The summed E-state index contributed by atoms with van der Waals surface area (Å²) >= 11 is 0. The van der Waals surface area contributed by atoms with Crippen LogP contribution in [0, 0.1) is 0 Å². The van der Waals surface area contributed by atoms with Crippen molar-refractivity contribution in [3.05, 3.63) is 84.4 Å². The van der Waals surface area contributed by atoms with Crippen LogP contribution in [-0.2, 0) is 6.42 Å². The van der Waals surface area contributed by atoms with Crippen molar-refractivity contribution in [1.82, 2.24) is 0 Å². The number of benzene rings is 3. The lowest BCUT2D eigenvalue weighted by Gasteiger charge is -2.26. The fourth-order valence-corrected chi connectivity index (χ4v) is 3.18. The third-order valence-corrected chi connectivity index (χ3v) is 4.30. The van der Waals surface area contributed by atoms with Crippen molar-refractivity contribution >= 4 is 29.1 Å². The van der Waals surface area contributed by atoms with Gasteiger partial charge in [-0.25, -0.2) is 0 Å². The molecule has 1 aliphatic rings. The van der Waals surface area contributed by atoms with Crippen molar-refractivity contribution in [3.63, 3.8) is 0 Å². The Morgan fingerprint density at radius 3 is 2.13 bits per heavy atom. The molecule has 2 N–H and O–H groups in total. The van der Waals surface area contributed by atoms with Crippen LogP contribution in [0.1, 0.15) is 5.56 Å². The number of hydrogen-bond donors (Lipinski definition) is 2. The zero-order valence-electron chi connectivity index (χ0n) is 13.0.